The van der Waals surface area contributed by atoms with Crippen molar-refractivity contribution in [2.24, 2.45) is 11.7 Å². The van der Waals surface area contributed by atoms with E-state index >= 15 is 0 Å². The zero-order valence-electron chi connectivity index (χ0n) is 9.87. The van der Waals surface area contributed by atoms with Crippen LogP contribution in [0.25, 0.3) is 0 Å². The molecular formula is C13H17FN2O. The number of hydrogen-bond acceptors (Lipinski definition) is 2. The maximum Gasteiger partial charge on any atom is 0.251 e. The molecule has 0 bridgehead atoms. The van der Waals surface area contributed by atoms with E-state index in [2.05, 4.69) is 5.32 Å². The number of halogens is 1. The lowest BCUT2D eigenvalue weighted by Crippen LogP contribution is -2.41. The minimum Gasteiger partial charge on any atom is -0.348 e. The molecule has 1 aliphatic rings. The van der Waals surface area contributed by atoms with Crippen LogP contribution >= 0.6 is 0 Å². The summed E-state index contributed by atoms with van der Waals surface area (Å²) >= 11 is 0. The van der Waals surface area contributed by atoms with Crippen molar-refractivity contribution >= 4 is 5.91 Å². The first-order valence-electron chi connectivity index (χ1n) is 5.89. The lowest BCUT2D eigenvalue weighted by Gasteiger charge is -2.16. The smallest absolute Gasteiger partial charge is 0.251 e. The number of nitrogens with one attached hydrogen (secondary N) is 1. The molecule has 0 aromatic heterocycles. The fraction of sp³-hybridized carbons (Fsp3) is 0.462. The van der Waals surface area contributed by atoms with Crippen LogP contribution in [0.3, 0.4) is 0 Å². The number of carbonyl (C=O) groups is 1. The van der Waals surface area contributed by atoms with Gasteiger partial charge in [-0.1, -0.05) is 0 Å². The Morgan fingerprint density at radius 3 is 2.82 bits per heavy atom. The summed E-state index contributed by atoms with van der Waals surface area (Å²) in [6.07, 6.45) is 2.26. The molecule has 1 fully saturated rings. The van der Waals surface area contributed by atoms with Gasteiger partial charge in [0.25, 0.3) is 5.91 Å². The number of aryl methyl sites for hydroxylation is 1. The van der Waals surface area contributed by atoms with E-state index in [9.17, 15) is 9.18 Å². The second-order valence-corrected chi connectivity index (χ2v) is 4.62. The van der Waals surface area contributed by atoms with Gasteiger partial charge in [-0.2, -0.15) is 0 Å². The molecular weight excluding hydrogens is 219 g/mol. The van der Waals surface area contributed by atoms with Crippen molar-refractivity contribution in [1.29, 1.82) is 0 Å². The van der Waals surface area contributed by atoms with Gasteiger partial charge in [0.15, 0.2) is 0 Å². The highest BCUT2D eigenvalue weighted by Crippen LogP contribution is 2.32. The standard InChI is InChI=1S/C13H17FN2O/c1-8-6-10(4-5-11(8)14)13(17)16-12(7-15)9-2-3-9/h4-6,9,12H,2-3,7,15H2,1H3,(H,16,17). The SMILES string of the molecule is Cc1cc(C(=O)NC(CN)C2CC2)ccc1F. The molecule has 0 saturated heterocycles. The first-order valence-corrected chi connectivity index (χ1v) is 5.89. The van der Waals surface area contributed by atoms with E-state index in [0.717, 1.165) is 12.8 Å². The molecule has 1 atom stereocenters. The molecule has 3 N–H and O–H groups in total. The molecule has 0 heterocycles. The Labute approximate surface area is 100 Å². The van der Waals surface area contributed by atoms with E-state index in [-0.39, 0.29) is 17.8 Å². The fourth-order valence-corrected chi connectivity index (χ4v) is 1.91. The third-order valence-electron chi connectivity index (χ3n) is 3.18. The Bertz CT molecular complexity index is 429. The number of hydrogen-bond donors (Lipinski definition) is 2. The molecule has 4 heteroatoms. The third-order valence-corrected chi connectivity index (χ3v) is 3.18. The topological polar surface area (TPSA) is 55.1 Å². The molecule has 0 aliphatic heterocycles. The van der Waals surface area contributed by atoms with Crippen LogP contribution in [0.5, 0.6) is 0 Å². The van der Waals surface area contributed by atoms with Gasteiger partial charge in [-0.15, -0.1) is 0 Å². The van der Waals surface area contributed by atoms with Gasteiger partial charge >= 0.3 is 0 Å². The van der Waals surface area contributed by atoms with Crippen molar-refractivity contribution in [1.82, 2.24) is 5.32 Å². The van der Waals surface area contributed by atoms with Crippen molar-refractivity contribution < 1.29 is 9.18 Å². The van der Waals surface area contributed by atoms with Gasteiger partial charge in [-0.3, -0.25) is 4.79 Å². The van der Waals surface area contributed by atoms with E-state index in [1.165, 1.54) is 12.1 Å². The van der Waals surface area contributed by atoms with Gasteiger partial charge < -0.3 is 11.1 Å². The summed E-state index contributed by atoms with van der Waals surface area (Å²) in [7, 11) is 0. The van der Waals surface area contributed by atoms with Gasteiger partial charge in [0, 0.05) is 18.2 Å². The van der Waals surface area contributed by atoms with Gasteiger partial charge in [0.1, 0.15) is 5.82 Å². The number of benzene rings is 1. The van der Waals surface area contributed by atoms with E-state index in [1.54, 1.807) is 13.0 Å². The summed E-state index contributed by atoms with van der Waals surface area (Å²) in [5, 5.41) is 2.91. The summed E-state index contributed by atoms with van der Waals surface area (Å²) in [5.41, 5.74) is 6.59. The predicted octanol–water partition coefficient (Wildman–Crippen LogP) is 1.60. The van der Waals surface area contributed by atoms with Crippen LogP contribution in [0.2, 0.25) is 0 Å². The molecule has 17 heavy (non-hydrogen) atoms. The Kier molecular flexibility index (Phi) is 3.43. The maximum absolute atomic E-state index is 13.1. The third kappa shape index (κ3) is 2.82. The summed E-state index contributed by atoms with van der Waals surface area (Å²) in [6, 6.07) is 4.43. The summed E-state index contributed by atoms with van der Waals surface area (Å²) in [5.74, 6) is 0.0556. The van der Waals surface area contributed by atoms with E-state index in [0.29, 0.717) is 23.6 Å². The molecule has 0 spiro atoms. The normalized spacial score (nSPS) is 16.6. The Balaban J connectivity index is 2.05. The number of rotatable bonds is 4. The monoisotopic (exact) mass is 236 g/mol. The highest BCUT2D eigenvalue weighted by atomic mass is 19.1. The van der Waals surface area contributed by atoms with Crippen LogP contribution in [0.1, 0.15) is 28.8 Å². The molecule has 1 amide bonds. The summed E-state index contributed by atoms with van der Waals surface area (Å²) in [6.45, 7) is 2.10. The van der Waals surface area contributed by atoms with Crippen molar-refractivity contribution in [2.45, 2.75) is 25.8 Å². The van der Waals surface area contributed by atoms with Crippen LogP contribution in [-0.4, -0.2) is 18.5 Å². The Morgan fingerprint density at radius 1 is 1.59 bits per heavy atom. The average molecular weight is 236 g/mol. The largest absolute Gasteiger partial charge is 0.348 e. The number of nitrogens with two attached hydrogens (primary N) is 1. The molecule has 1 aromatic carbocycles. The Morgan fingerprint density at radius 2 is 2.29 bits per heavy atom. The van der Waals surface area contributed by atoms with Crippen molar-refractivity contribution in [3.63, 3.8) is 0 Å². The molecule has 1 aliphatic carbocycles. The maximum atomic E-state index is 13.1. The molecule has 2 rings (SSSR count). The minimum absolute atomic E-state index is 0.0489. The highest BCUT2D eigenvalue weighted by molar-refractivity contribution is 5.94. The Hall–Kier alpha value is -1.42. The van der Waals surface area contributed by atoms with Crippen molar-refractivity contribution in [3.8, 4) is 0 Å². The highest BCUT2D eigenvalue weighted by Gasteiger charge is 2.31. The first kappa shape index (κ1) is 12.0. The molecule has 0 radical (unpaired) electrons. The lowest BCUT2D eigenvalue weighted by molar-refractivity contribution is 0.0933. The van der Waals surface area contributed by atoms with Crippen LogP contribution in [0.15, 0.2) is 18.2 Å². The van der Waals surface area contributed by atoms with Gasteiger partial charge in [-0.05, 0) is 49.4 Å². The van der Waals surface area contributed by atoms with Crippen molar-refractivity contribution in [2.75, 3.05) is 6.54 Å². The van der Waals surface area contributed by atoms with Crippen molar-refractivity contribution in [3.05, 3.63) is 35.1 Å². The summed E-state index contributed by atoms with van der Waals surface area (Å²) in [4.78, 5) is 11.9. The quantitative estimate of drug-likeness (QED) is 0.834. The van der Waals surface area contributed by atoms with Crippen LogP contribution in [-0.2, 0) is 0 Å². The van der Waals surface area contributed by atoms with Crippen LogP contribution in [0, 0.1) is 18.7 Å². The van der Waals surface area contributed by atoms with Gasteiger partial charge in [0.2, 0.25) is 0 Å². The molecule has 1 unspecified atom stereocenters. The van der Waals surface area contributed by atoms with Gasteiger partial charge in [0.05, 0.1) is 0 Å². The average Bonchev–Trinajstić information content (AvgIpc) is 3.13. The van der Waals surface area contributed by atoms with Gasteiger partial charge in [-0.25, -0.2) is 4.39 Å². The zero-order valence-corrected chi connectivity index (χ0v) is 9.87. The van der Waals surface area contributed by atoms with E-state index in [4.69, 9.17) is 5.73 Å². The second kappa shape index (κ2) is 4.84. The van der Waals surface area contributed by atoms with Crippen LogP contribution < -0.4 is 11.1 Å². The minimum atomic E-state index is -0.292. The fourth-order valence-electron chi connectivity index (χ4n) is 1.91. The second-order valence-electron chi connectivity index (χ2n) is 4.62. The lowest BCUT2D eigenvalue weighted by atomic mass is 10.1. The first-order chi connectivity index (χ1) is 8.11. The predicted molar refractivity (Wildman–Crippen MR) is 64.2 cm³/mol. The number of carbonyl (C=O) groups excluding carboxylic acids is 1. The van der Waals surface area contributed by atoms with E-state index < -0.39 is 0 Å². The molecule has 1 saturated carbocycles. The zero-order chi connectivity index (χ0) is 12.4. The molecule has 92 valence electrons. The molecule has 3 nitrogen and oxygen atoms in total. The van der Waals surface area contributed by atoms with Crippen LogP contribution in [0.4, 0.5) is 4.39 Å². The summed E-state index contributed by atoms with van der Waals surface area (Å²) < 4.78 is 13.1. The number of amides is 1. The van der Waals surface area contributed by atoms with E-state index in [1.807, 2.05) is 0 Å². The molecule has 1 aromatic rings.